The smallest absolute Gasteiger partial charge is 0.379 e. The van der Waals surface area contributed by atoms with Crippen molar-refractivity contribution in [2.75, 3.05) is 39.9 Å². The fraction of sp³-hybridized carbons (Fsp3) is 0.632. The van der Waals surface area contributed by atoms with Crippen LogP contribution in [-0.4, -0.2) is 56.8 Å². The Kier molecular flexibility index (Phi) is 8.06. The summed E-state index contributed by atoms with van der Waals surface area (Å²) < 4.78 is 58.0. The van der Waals surface area contributed by atoms with Crippen LogP contribution in [0.25, 0.3) is 0 Å². The van der Waals surface area contributed by atoms with Crippen LogP contribution < -0.4 is 10.6 Å². The molecule has 0 saturated carbocycles. The van der Waals surface area contributed by atoms with E-state index < -0.39 is 17.6 Å². The van der Waals surface area contributed by atoms with E-state index in [2.05, 4.69) is 34.4 Å². The molecule has 1 heterocycles. The Hall–Kier alpha value is -1.87. The van der Waals surface area contributed by atoms with Crippen molar-refractivity contribution in [1.29, 1.82) is 0 Å². The Morgan fingerprint density at radius 1 is 1.21 bits per heavy atom. The minimum absolute atomic E-state index is 0.0366. The van der Waals surface area contributed by atoms with Gasteiger partial charge in [-0.1, -0.05) is 19.9 Å². The highest BCUT2D eigenvalue weighted by Gasteiger charge is 2.33. The van der Waals surface area contributed by atoms with E-state index in [1.807, 2.05) is 0 Å². The molecule has 0 amide bonds. The molecule has 0 bridgehead atoms. The third-order valence-corrected chi connectivity index (χ3v) is 4.81. The molecule has 2 rings (SSSR count). The summed E-state index contributed by atoms with van der Waals surface area (Å²) >= 11 is 0. The summed E-state index contributed by atoms with van der Waals surface area (Å²) in [5.74, 6) is -0.127. The highest BCUT2D eigenvalue weighted by atomic mass is 19.4. The maximum absolute atomic E-state index is 13.2. The first-order chi connectivity index (χ1) is 13.2. The van der Waals surface area contributed by atoms with Crippen LogP contribution in [0.3, 0.4) is 0 Å². The van der Waals surface area contributed by atoms with Crippen molar-refractivity contribution in [1.82, 2.24) is 15.5 Å². The third kappa shape index (κ3) is 6.34. The average molecular weight is 404 g/mol. The summed E-state index contributed by atoms with van der Waals surface area (Å²) in [5.41, 5.74) is -1.02. The number of morpholine rings is 1. The Morgan fingerprint density at radius 2 is 1.89 bits per heavy atom. The Morgan fingerprint density at radius 3 is 2.46 bits per heavy atom. The summed E-state index contributed by atoms with van der Waals surface area (Å²) in [7, 11) is 1.56. The molecule has 2 N–H and O–H groups in total. The van der Waals surface area contributed by atoms with Gasteiger partial charge in [0.05, 0.1) is 18.8 Å². The molecule has 0 aliphatic carbocycles. The summed E-state index contributed by atoms with van der Waals surface area (Å²) in [6, 6.07) is 2.93. The third-order valence-electron chi connectivity index (χ3n) is 4.81. The maximum atomic E-state index is 13.2. The van der Waals surface area contributed by atoms with Crippen molar-refractivity contribution in [3.05, 3.63) is 35.1 Å². The van der Waals surface area contributed by atoms with Gasteiger partial charge in [0.1, 0.15) is 5.82 Å². The number of nitrogens with one attached hydrogen (secondary N) is 2. The molecule has 5 nitrogen and oxygen atoms in total. The van der Waals surface area contributed by atoms with Crippen LogP contribution in [0.1, 0.15) is 25.0 Å². The minimum atomic E-state index is -4.62. The number of hydrogen-bond acceptors (Lipinski definition) is 3. The molecular weight excluding hydrogens is 376 g/mol. The first-order valence-corrected chi connectivity index (χ1v) is 9.34. The van der Waals surface area contributed by atoms with Crippen LogP contribution in [0.4, 0.5) is 17.6 Å². The van der Waals surface area contributed by atoms with E-state index in [0.29, 0.717) is 37.7 Å². The quantitative estimate of drug-likeness (QED) is 0.435. The van der Waals surface area contributed by atoms with Gasteiger partial charge in [0.25, 0.3) is 0 Å². The fourth-order valence-electron chi connectivity index (χ4n) is 3.26. The molecule has 0 radical (unpaired) electrons. The Labute approximate surface area is 163 Å². The molecule has 158 valence electrons. The van der Waals surface area contributed by atoms with Gasteiger partial charge in [-0.25, -0.2) is 4.39 Å². The van der Waals surface area contributed by atoms with Gasteiger partial charge in [0.15, 0.2) is 5.96 Å². The van der Waals surface area contributed by atoms with Crippen molar-refractivity contribution in [3.63, 3.8) is 0 Å². The number of nitrogens with zero attached hydrogens (tertiary/aromatic N) is 2. The lowest BCUT2D eigenvalue weighted by atomic mass is 10.0. The van der Waals surface area contributed by atoms with Crippen LogP contribution in [-0.2, 0) is 17.5 Å². The van der Waals surface area contributed by atoms with Crippen LogP contribution in [0.2, 0.25) is 0 Å². The van der Waals surface area contributed by atoms with Gasteiger partial charge in [-0.3, -0.25) is 9.89 Å². The molecule has 1 aliphatic heterocycles. The summed E-state index contributed by atoms with van der Waals surface area (Å²) in [5, 5.41) is 6.08. The number of rotatable bonds is 6. The number of halogens is 4. The summed E-state index contributed by atoms with van der Waals surface area (Å²) in [6.07, 6.45) is -4.62. The molecule has 1 saturated heterocycles. The van der Waals surface area contributed by atoms with Gasteiger partial charge < -0.3 is 15.4 Å². The molecule has 1 aromatic rings. The van der Waals surface area contributed by atoms with E-state index >= 15 is 0 Å². The molecule has 0 spiro atoms. The normalized spacial score (nSPS) is 17.6. The second-order valence-corrected chi connectivity index (χ2v) is 7.07. The van der Waals surface area contributed by atoms with E-state index in [1.54, 1.807) is 7.05 Å². The summed E-state index contributed by atoms with van der Waals surface area (Å²) in [6.45, 7) is 7.84. The molecule has 1 aromatic carbocycles. The summed E-state index contributed by atoms with van der Waals surface area (Å²) in [4.78, 5) is 6.43. The number of ether oxygens (including phenoxy) is 1. The largest absolute Gasteiger partial charge is 0.416 e. The van der Waals surface area contributed by atoms with Crippen LogP contribution in [0.5, 0.6) is 0 Å². The molecule has 0 aromatic heterocycles. The average Bonchev–Trinajstić information content (AvgIpc) is 2.65. The fourth-order valence-corrected chi connectivity index (χ4v) is 3.26. The van der Waals surface area contributed by atoms with E-state index in [4.69, 9.17) is 4.74 Å². The van der Waals surface area contributed by atoms with Crippen molar-refractivity contribution in [3.8, 4) is 0 Å². The van der Waals surface area contributed by atoms with Crippen LogP contribution in [0, 0.1) is 11.7 Å². The van der Waals surface area contributed by atoms with Crippen molar-refractivity contribution in [2.45, 2.75) is 32.6 Å². The monoisotopic (exact) mass is 404 g/mol. The first kappa shape index (κ1) is 22.4. The molecule has 1 unspecified atom stereocenters. The van der Waals surface area contributed by atoms with Gasteiger partial charge in [-0.05, 0) is 23.6 Å². The molecular formula is C19H28F4N4O. The van der Waals surface area contributed by atoms with E-state index in [1.165, 1.54) is 0 Å². The number of aliphatic imine (C=N–C) groups is 1. The van der Waals surface area contributed by atoms with Gasteiger partial charge in [0, 0.05) is 39.3 Å². The second-order valence-electron chi connectivity index (χ2n) is 7.07. The zero-order chi connectivity index (χ0) is 20.7. The molecule has 1 aliphatic rings. The first-order valence-electron chi connectivity index (χ1n) is 9.34. The lowest BCUT2D eigenvalue weighted by Crippen LogP contribution is -2.52. The molecule has 1 fully saturated rings. The van der Waals surface area contributed by atoms with Crippen molar-refractivity contribution < 1.29 is 22.3 Å². The topological polar surface area (TPSA) is 48.9 Å². The number of alkyl halides is 3. The van der Waals surface area contributed by atoms with Gasteiger partial charge in [0.2, 0.25) is 0 Å². The molecule has 1 atom stereocenters. The number of hydrogen-bond donors (Lipinski definition) is 2. The van der Waals surface area contributed by atoms with Gasteiger partial charge in [-0.15, -0.1) is 0 Å². The maximum Gasteiger partial charge on any atom is 0.416 e. The van der Waals surface area contributed by atoms with Gasteiger partial charge in [-0.2, -0.15) is 13.2 Å². The highest BCUT2D eigenvalue weighted by molar-refractivity contribution is 5.79. The van der Waals surface area contributed by atoms with Gasteiger partial charge >= 0.3 is 6.18 Å². The highest BCUT2D eigenvalue weighted by Crippen LogP contribution is 2.32. The predicted octanol–water partition coefficient (Wildman–Crippen LogP) is 2.87. The standard InChI is InChI=1S/C19H28F4N4O/c1-13(2)17(27-6-8-28-9-7-27)12-26-18(24-3)25-11-14-4-5-15(20)10-16(14)19(21,22)23/h4-5,10,13,17H,6-9,11-12H2,1-3H3,(H2,24,25,26). The lowest BCUT2D eigenvalue weighted by molar-refractivity contribution is -0.138. The SMILES string of the molecule is CN=C(NCc1ccc(F)cc1C(F)(F)F)NCC(C(C)C)N1CCOCC1. The van der Waals surface area contributed by atoms with E-state index in [0.717, 1.165) is 25.2 Å². The molecule has 9 heteroatoms. The number of guanidine groups is 1. The predicted molar refractivity (Wildman–Crippen MR) is 101 cm³/mol. The van der Waals surface area contributed by atoms with E-state index in [9.17, 15) is 17.6 Å². The van der Waals surface area contributed by atoms with E-state index in [-0.39, 0.29) is 18.2 Å². The zero-order valence-corrected chi connectivity index (χ0v) is 16.4. The number of benzene rings is 1. The van der Waals surface area contributed by atoms with Crippen LogP contribution >= 0.6 is 0 Å². The van der Waals surface area contributed by atoms with Crippen LogP contribution in [0.15, 0.2) is 23.2 Å². The zero-order valence-electron chi connectivity index (χ0n) is 16.4. The molecule has 28 heavy (non-hydrogen) atoms. The second kappa shape index (κ2) is 10.1. The van der Waals surface area contributed by atoms with Crippen molar-refractivity contribution >= 4 is 5.96 Å². The Balaban J connectivity index is 1.98. The lowest BCUT2D eigenvalue weighted by Gasteiger charge is -2.37. The Bertz CT molecular complexity index is 658. The minimum Gasteiger partial charge on any atom is -0.379 e. The van der Waals surface area contributed by atoms with Crippen molar-refractivity contribution in [2.24, 2.45) is 10.9 Å².